The third-order valence-corrected chi connectivity index (χ3v) is 4.73. The summed E-state index contributed by atoms with van der Waals surface area (Å²) in [7, 11) is 0. The molecular formula is C19H23FN4S. The normalized spacial score (nSPS) is 15.0. The van der Waals surface area contributed by atoms with Crippen LogP contribution in [-0.2, 0) is 6.54 Å². The van der Waals surface area contributed by atoms with Crippen LogP contribution in [0.4, 0.5) is 15.9 Å². The first-order chi connectivity index (χ1) is 12.1. The first kappa shape index (κ1) is 17.6. The van der Waals surface area contributed by atoms with E-state index in [1.165, 1.54) is 25.0 Å². The van der Waals surface area contributed by atoms with Gasteiger partial charge in [0.1, 0.15) is 11.6 Å². The van der Waals surface area contributed by atoms with Crippen LogP contribution >= 0.6 is 12.2 Å². The number of pyridine rings is 1. The average molecular weight is 358 g/mol. The van der Waals surface area contributed by atoms with Crippen molar-refractivity contribution in [3.8, 4) is 0 Å². The molecule has 0 unspecified atom stereocenters. The predicted molar refractivity (Wildman–Crippen MR) is 104 cm³/mol. The van der Waals surface area contributed by atoms with Crippen LogP contribution in [0.15, 0.2) is 42.6 Å². The number of halogens is 1. The summed E-state index contributed by atoms with van der Waals surface area (Å²) < 4.78 is 12.9. The lowest BCUT2D eigenvalue weighted by atomic mass is 9.99. The molecule has 1 aromatic heterocycles. The van der Waals surface area contributed by atoms with Crippen molar-refractivity contribution < 1.29 is 4.39 Å². The van der Waals surface area contributed by atoms with Crippen molar-refractivity contribution >= 4 is 28.8 Å². The smallest absolute Gasteiger partial charge is 0.171 e. The molecule has 0 atom stereocenters. The summed E-state index contributed by atoms with van der Waals surface area (Å²) >= 11 is 5.30. The number of hydrogen-bond acceptors (Lipinski definition) is 3. The van der Waals surface area contributed by atoms with Crippen LogP contribution in [0.25, 0.3) is 0 Å². The third-order valence-electron chi connectivity index (χ3n) is 4.48. The van der Waals surface area contributed by atoms with Gasteiger partial charge < -0.3 is 15.5 Å². The number of anilines is 2. The topological polar surface area (TPSA) is 40.2 Å². The lowest BCUT2D eigenvalue weighted by Gasteiger charge is -2.31. The Balaban J connectivity index is 1.49. The number of nitrogens with zero attached hydrogens (tertiary/aromatic N) is 2. The minimum atomic E-state index is -0.237. The Labute approximate surface area is 153 Å². The first-order valence-corrected chi connectivity index (χ1v) is 9.01. The van der Waals surface area contributed by atoms with E-state index in [2.05, 4.69) is 27.4 Å². The van der Waals surface area contributed by atoms with Crippen LogP contribution in [0, 0.1) is 11.7 Å². The summed E-state index contributed by atoms with van der Waals surface area (Å²) in [6, 6.07) is 10.4. The summed E-state index contributed by atoms with van der Waals surface area (Å²) in [5.74, 6) is 1.59. The molecule has 2 N–H and O–H groups in total. The minimum Gasteiger partial charge on any atom is -0.358 e. The van der Waals surface area contributed by atoms with Gasteiger partial charge in [0.05, 0.1) is 11.9 Å². The largest absolute Gasteiger partial charge is 0.358 e. The van der Waals surface area contributed by atoms with Gasteiger partial charge in [-0.25, -0.2) is 9.37 Å². The van der Waals surface area contributed by atoms with Crippen molar-refractivity contribution in [1.82, 2.24) is 10.3 Å². The van der Waals surface area contributed by atoms with Gasteiger partial charge in [-0.05, 0) is 60.8 Å². The summed E-state index contributed by atoms with van der Waals surface area (Å²) in [4.78, 5) is 6.87. The maximum absolute atomic E-state index is 12.9. The van der Waals surface area contributed by atoms with Crippen LogP contribution in [0.1, 0.15) is 25.3 Å². The second-order valence-corrected chi connectivity index (χ2v) is 6.92. The van der Waals surface area contributed by atoms with E-state index < -0.39 is 0 Å². The fourth-order valence-electron chi connectivity index (χ4n) is 2.84. The zero-order chi connectivity index (χ0) is 17.6. The van der Waals surface area contributed by atoms with Crippen molar-refractivity contribution in [3.05, 3.63) is 54.0 Å². The van der Waals surface area contributed by atoms with Gasteiger partial charge in [0.2, 0.25) is 0 Å². The number of rotatable bonds is 4. The van der Waals surface area contributed by atoms with Gasteiger partial charge in [-0.15, -0.1) is 0 Å². The van der Waals surface area contributed by atoms with Gasteiger partial charge in [-0.3, -0.25) is 0 Å². The van der Waals surface area contributed by atoms with Gasteiger partial charge in [0.25, 0.3) is 0 Å². The van der Waals surface area contributed by atoms with E-state index in [0.29, 0.717) is 11.7 Å². The van der Waals surface area contributed by atoms with E-state index in [9.17, 15) is 4.39 Å². The van der Waals surface area contributed by atoms with E-state index in [1.807, 2.05) is 12.1 Å². The molecule has 1 aliphatic heterocycles. The molecule has 0 radical (unpaired) electrons. The van der Waals surface area contributed by atoms with Gasteiger partial charge in [0, 0.05) is 19.6 Å². The zero-order valence-electron chi connectivity index (χ0n) is 14.3. The molecular weight excluding hydrogens is 335 g/mol. The number of benzene rings is 1. The monoisotopic (exact) mass is 358 g/mol. The van der Waals surface area contributed by atoms with Crippen molar-refractivity contribution in [2.75, 3.05) is 23.3 Å². The number of thiocarbonyl (C=S) groups is 1. The Morgan fingerprint density at radius 2 is 1.92 bits per heavy atom. The molecule has 0 spiro atoms. The van der Waals surface area contributed by atoms with E-state index in [0.717, 1.165) is 36.1 Å². The Morgan fingerprint density at radius 3 is 2.56 bits per heavy atom. The summed E-state index contributed by atoms with van der Waals surface area (Å²) in [6.07, 6.45) is 4.25. The lowest BCUT2D eigenvalue weighted by molar-refractivity contribution is 0.436. The highest BCUT2D eigenvalue weighted by molar-refractivity contribution is 7.80. The molecule has 2 aromatic rings. The van der Waals surface area contributed by atoms with E-state index in [-0.39, 0.29) is 5.82 Å². The van der Waals surface area contributed by atoms with E-state index >= 15 is 0 Å². The highest BCUT2D eigenvalue weighted by Crippen LogP contribution is 2.22. The molecule has 3 rings (SSSR count). The van der Waals surface area contributed by atoms with Gasteiger partial charge in [0.15, 0.2) is 5.11 Å². The fourth-order valence-corrected chi connectivity index (χ4v) is 3.03. The molecule has 25 heavy (non-hydrogen) atoms. The number of hydrogen-bond donors (Lipinski definition) is 2. The molecule has 0 bridgehead atoms. The lowest BCUT2D eigenvalue weighted by Crippen LogP contribution is -2.33. The number of piperidine rings is 1. The van der Waals surface area contributed by atoms with Crippen LogP contribution in [0.2, 0.25) is 0 Å². The van der Waals surface area contributed by atoms with Crippen LogP contribution in [0.3, 0.4) is 0 Å². The second kappa shape index (κ2) is 8.25. The molecule has 0 aliphatic carbocycles. The quantitative estimate of drug-likeness (QED) is 0.810. The van der Waals surface area contributed by atoms with E-state index in [1.54, 1.807) is 18.3 Å². The molecule has 2 heterocycles. The van der Waals surface area contributed by atoms with Crippen LogP contribution < -0.4 is 15.5 Å². The Morgan fingerprint density at radius 1 is 1.20 bits per heavy atom. The Kier molecular flexibility index (Phi) is 5.81. The van der Waals surface area contributed by atoms with Gasteiger partial charge >= 0.3 is 0 Å². The highest BCUT2D eigenvalue weighted by atomic mass is 32.1. The molecule has 1 aliphatic rings. The summed E-state index contributed by atoms with van der Waals surface area (Å²) in [5, 5.41) is 6.75. The minimum absolute atomic E-state index is 0.237. The first-order valence-electron chi connectivity index (χ1n) is 8.60. The van der Waals surface area contributed by atoms with Crippen LogP contribution in [0.5, 0.6) is 0 Å². The maximum atomic E-state index is 12.9. The van der Waals surface area contributed by atoms with Crippen molar-refractivity contribution in [2.45, 2.75) is 26.3 Å². The molecule has 1 aromatic carbocycles. The molecule has 0 amide bonds. The molecule has 4 nitrogen and oxygen atoms in total. The predicted octanol–water partition coefficient (Wildman–Crippen LogP) is 3.94. The second-order valence-electron chi connectivity index (χ2n) is 6.51. The summed E-state index contributed by atoms with van der Waals surface area (Å²) in [5.41, 5.74) is 1.82. The molecule has 132 valence electrons. The fraction of sp³-hybridized carbons (Fsp3) is 0.368. The Hall–Kier alpha value is -2.21. The van der Waals surface area contributed by atoms with Crippen molar-refractivity contribution in [3.63, 3.8) is 0 Å². The van der Waals surface area contributed by atoms with Crippen molar-refractivity contribution in [1.29, 1.82) is 0 Å². The van der Waals surface area contributed by atoms with Gasteiger partial charge in [-0.2, -0.15) is 0 Å². The van der Waals surface area contributed by atoms with Gasteiger partial charge in [-0.1, -0.05) is 19.1 Å². The maximum Gasteiger partial charge on any atom is 0.171 e. The number of aromatic nitrogens is 1. The van der Waals surface area contributed by atoms with Crippen LogP contribution in [-0.4, -0.2) is 23.2 Å². The zero-order valence-corrected chi connectivity index (χ0v) is 15.2. The number of nitrogens with one attached hydrogen (secondary N) is 2. The highest BCUT2D eigenvalue weighted by Gasteiger charge is 2.16. The average Bonchev–Trinajstić information content (AvgIpc) is 2.63. The Bertz CT molecular complexity index is 694. The molecule has 1 saturated heterocycles. The molecule has 1 fully saturated rings. The van der Waals surface area contributed by atoms with E-state index in [4.69, 9.17) is 12.2 Å². The standard InChI is InChI=1S/C19H23FN4S/c1-14-8-10-24(11-9-14)18-7-6-17(13-21-18)23-19(25)22-12-15-2-4-16(20)5-3-15/h2-7,13-14H,8-12H2,1H3,(H2,22,23,25). The third kappa shape index (κ3) is 5.13. The molecule has 0 saturated carbocycles. The van der Waals surface area contributed by atoms with Crippen molar-refractivity contribution in [2.24, 2.45) is 5.92 Å². The molecule has 6 heteroatoms. The summed E-state index contributed by atoms with van der Waals surface area (Å²) in [6.45, 7) is 4.98. The SMILES string of the molecule is CC1CCN(c2ccc(NC(=S)NCc3ccc(F)cc3)cn2)CC1.